The second kappa shape index (κ2) is 9.55. The van der Waals surface area contributed by atoms with Crippen LogP contribution in [-0.4, -0.2) is 61.4 Å². The van der Waals surface area contributed by atoms with Crippen LogP contribution in [0.25, 0.3) is 17.1 Å². The first-order chi connectivity index (χ1) is 14.4. The van der Waals surface area contributed by atoms with Gasteiger partial charge in [0.15, 0.2) is 5.82 Å². The highest BCUT2D eigenvalue weighted by Gasteiger charge is 2.15. The van der Waals surface area contributed by atoms with Gasteiger partial charge in [-0.25, -0.2) is 9.67 Å². The molecule has 0 aliphatic rings. The van der Waals surface area contributed by atoms with Crippen molar-refractivity contribution in [3.8, 4) is 34.7 Å². The molecule has 0 atom stereocenters. The van der Waals surface area contributed by atoms with E-state index in [0.29, 0.717) is 29.7 Å². The van der Waals surface area contributed by atoms with Crippen LogP contribution in [0.5, 0.6) is 17.6 Å². The molecule has 0 unspecified atom stereocenters. The van der Waals surface area contributed by atoms with Gasteiger partial charge in [0.2, 0.25) is 5.88 Å². The van der Waals surface area contributed by atoms with Crippen LogP contribution in [0.15, 0.2) is 42.6 Å². The van der Waals surface area contributed by atoms with E-state index in [0.717, 1.165) is 11.8 Å². The average molecular weight is 434 g/mol. The minimum Gasteiger partial charge on any atom is -0.491 e. The van der Waals surface area contributed by atoms with E-state index in [1.165, 1.54) is 0 Å². The number of rotatable bonds is 10. The molecule has 0 aliphatic carbocycles. The molecule has 0 bridgehead atoms. The molecular weight excluding hydrogens is 412 g/mol. The predicted octanol–water partition coefficient (Wildman–Crippen LogP) is 2.09. The largest absolute Gasteiger partial charge is 0.491 e. The van der Waals surface area contributed by atoms with Crippen LogP contribution in [-0.2, 0) is 14.3 Å². The predicted molar refractivity (Wildman–Crippen MR) is 109 cm³/mol. The first kappa shape index (κ1) is 21.5. The van der Waals surface area contributed by atoms with E-state index >= 15 is 0 Å². The maximum Gasteiger partial charge on any atom is 0.336 e. The molecule has 2 aromatic heterocycles. The van der Waals surface area contributed by atoms with Crippen LogP contribution in [0.3, 0.4) is 0 Å². The molecule has 10 nitrogen and oxygen atoms in total. The Bertz CT molecular complexity index is 1070. The van der Waals surface area contributed by atoms with Crippen LogP contribution >= 0.6 is 0 Å². The molecule has 1 aromatic carbocycles. The molecule has 0 saturated heterocycles. The third kappa shape index (κ3) is 5.67. The summed E-state index contributed by atoms with van der Waals surface area (Å²) in [4.78, 5) is 8.67. The van der Waals surface area contributed by atoms with Crippen LogP contribution in [0.1, 0.15) is 6.92 Å². The number of nitrogens with zero attached hydrogens (tertiary/aromatic N) is 4. The van der Waals surface area contributed by atoms with Crippen molar-refractivity contribution in [1.82, 2.24) is 19.7 Å². The Labute approximate surface area is 174 Å². The van der Waals surface area contributed by atoms with Gasteiger partial charge in [-0.05, 0) is 37.3 Å². The van der Waals surface area contributed by atoms with Gasteiger partial charge in [-0.3, -0.25) is 4.18 Å². The fourth-order valence-electron chi connectivity index (χ4n) is 2.51. The summed E-state index contributed by atoms with van der Waals surface area (Å²) in [7, 11) is -1.93. The van der Waals surface area contributed by atoms with Crippen LogP contribution in [0.4, 0.5) is 0 Å². The van der Waals surface area contributed by atoms with Gasteiger partial charge < -0.3 is 14.2 Å². The molecule has 0 aliphatic heterocycles. The summed E-state index contributed by atoms with van der Waals surface area (Å²) in [6.07, 6.45) is 2.62. The highest BCUT2D eigenvalue weighted by Crippen LogP contribution is 2.26. The zero-order chi connectivity index (χ0) is 21.6. The Morgan fingerprint density at radius 2 is 1.80 bits per heavy atom. The van der Waals surface area contributed by atoms with Gasteiger partial charge >= 0.3 is 6.01 Å². The second-order valence-electron chi connectivity index (χ2n) is 6.02. The van der Waals surface area contributed by atoms with Gasteiger partial charge in [0.25, 0.3) is 10.1 Å². The third-order valence-corrected chi connectivity index (χ3v) is 4.39. The Kier molecular flexibility index (Phi) is 6.85. The number of hydrogen-bond donors (Lipinski definition) is 0. The molecule has 0 fully saturated rings. The summed E-state index contributed by atoms with van der Waals surface area (Å²) in [5, 5.41) is 4.41. The Balaban J connectivity index is 1.80. The van der Waals surface area contributed by atoms with Crippen LogP contribution in [0.2, 0.25) is 0 Å². The van der Waals surface area contributed by atoms with Crippen molar-refractivity contribution in [2.24, 2.45) is 0 Å². The summed E-state index contributed by atoms with van der Waals surface area (Å²) < 4.78 is 44.3. The minimum absolute atomic E-state index is 0.0584. The number of ether oxygens (including phenoxy) is 3. The van der Waals surface area contributed by atoms with E-state index in [1.54, 1.807) is 36.2 Å². The van der Waals surface area contributed by atoms with Crippen molar-refractivity contribution < 1.29 is 26.8 Å². The molecule has 0 amide bonds. The lowest BCUT2D eigenvalue weighted by Crippen LogP contribution is -2.11. The van der Waals surface area contributed by atoms with Gasteiger partial charge in [-0.2, -0.15) is 13.4 Å². The lowest BCUT2D eigenvalue weighted by molar-refractivity contribution is 0.222. The third-order valence-electron chi connectivity index (χ3n) is 3.80. The van der Waals surface area contributed by atoms with Gasteiger partial charge in [0.05, 0.1) is 31.9 Å². The maximum absolute atomic E-state index is 11.0. The molecular formula is C19H22N4O6S. The maximum atomic E-state index is 11.0. The van der Waals surface area contributed by atoms with E-state index in [1.807, 2.05) is 25.1 Å². The van der Waals surface area contributed by atoms with Crippen molar-refractivity contribution in [3.05, 3.63) is 42.6 Å². The highest BCUT2D eigenvalue weighted by atomic mass is 32.2. The molecule has 160 valence electrons. The lowest BCUT2D eigenvalue weighted by Gasteiger charge is -2.08. The van der Waals surface area contributed by atoms with Crippen LogP contribution < -0.4 is 14.2 Å². The molecule has 0 radical (unpaired) electrons. The Morgan fingerprint density at radius 3 is 2.40 bits per heavy atom. The van der Waals surface area contributed by atoms with Gasteiger partial charge in [0.1, 0.15) is 19.0 Å². The van der Waals surface area contributed by atoms with Crippen LogP contribution in [0, 0.1) is 0 Å². The van der Waals surface area contributed by atoms with Crippen molar-refractivity contribution in [1.29, 1.82) is 0 Å². The number of hydrogen-bond acceptors (Lipinski definition) is 9. The standard InChI is InChI=1S/C19H22N4O6S/c1-4-27-19-21-18(23(22-19)15-7-10-17(26-2)20-13-15)14-5-8-16(9-6-14)28-11-12-29-30(3,24)25/h5-10,13H,4,11-12H2,1-3H3. The van der Waals surface area contributed by atoms with E-state index in [9.17, 15) is 8.42 Å². The van der Waals surface area contributed by atoms with Gasteiger partial charge in [-0.15, -0.1) is 5.10 Å². The molecule has 3 rings (SSSR count). The molecule has 0 N–H and O–H groups in total. The van der Waals surface area contributed by atoms with Crippen molar-refractivity contribution in [2.45, 2.75) is 6.92 Å². The fourth-order valence-corrected chi connectivity index (χ4v) is 2.88. The SMILES string of the molecule is CCOc1nc(-c2ccc(OCCOS(C)(=O)=O)cc2)n(-c2ccc(OC)nc2)n1. The monoisotopic (exact) mass is 434 g/mol. The van der Waals surface area contributed by atoms with Gasteiger partial charge in [0, 0.05) is 11.6 Å². The zero-order valence-electron chi connectivity index (χ0n) is 16.8. The van der Waals surface area contributed by atoms with Gasteiger partial charge in [-0.1, -0.05) is 0 Å². The van der Waals surface area contributed by atoms with Crippen molar-refractivity contribution >= 4 is 10.1 Å². The number of benzene rings is 1. The summed E-state index contributed by atoms with van der Waals surface area (Å²) in [5.41, 5.74) is 1.48. The Morgan fingerprint density at radius 1 is 1.03 bits per heavy atom. The summed E-state index contributed by atoms with van der Waals surface area (Å²) in [6.45, 7) is 2.34. The lowest BCUT2D eigenvalue weighted by atomic mass is 10.2. The van der Waals surface area contributed by atoms with E-state index in [-0.39, 0.29) is 19.2 Å². The minimum atomic E-state index is -3.48. The fraction of sp³-hybridized carbons (Fsp3) is 0.316. The number of aromatic nitrogens is 4. The zero-order valence-corrected chi connectivity index (χ0v) is 17.6. The first-order valence-electron chi connectivity index (χ1n) is 9.07. The molecule has 0 saturated carbocycles. The normalized spacial score (nSPS) is 11.3. The van der Waals surface area contributed by atoms with E-state index in [4.69, 9.17) is 14.2 Å². The number of methoxy groups -OCH3 is 1. The molecule has 11 heteroatoms. The summed E-state index contributed by atoms with van der Waals surface area (Å²) >= 11 is 0. The smallest absolute Gasteiger partial charge is 0.336 e. The summed E-state index contributed by atoms with van der Waals surface area (Å²) in [5.74, 6) is 1.63. The number of pyridine rings is 1. The molecule has 2 heterocycles. The van der Waals surface area contributed by atoms with Crippen molar-refractivity contribution in [2.75, 3.05) is 33.2 Å². The van der Waals surface area contributed by atoms with E-state index in [2.05, 4.69) is 19.2 Å². The Hall–Kier alpha value is -3.18. The molecule has 30 heavy (non-hydrogen) atoms. The summed E-state index contributed by atoms with van der Waals surface area (Å²) in [6, 6.07) is 10.9. The highest BCUT2D eigenvalue weighted by molar-refractivity contribution is 7.85. The first-order valence-corrected chi connectivity index (χ1v) is 10.9. The van der Waals surface area contributed by atoms with Crippen molar-refractivity contribution in [3.63, 3.8) is 0 Å². The quantitative estimate of drug-likeness (QED) is 0.349. The molecule has 3 aromatic rings. The average Bonchev–Trinajstić information content (AvgIpc) is 3.15. The second-order valence-corrected chi connectivity index (χ2v) is 7.66. The topological polar surface area (TPSA) is 115 Å². The van der Waals surface area contributed by atoms with E-state index < -0.39 is 10.1 Å². The molecule has 0 spiro atoms.